The van der Waals surface area contributed by atoms with E-state index < -0.39 is 4.92 Å². The fourth-order valence-electron chi connectivity index (χ4n) is 3.18. The molecular formula is C22H19N7O2. The van der Waals surface area contributed by atoms with Crippen LogP contribution in [0.3, 0.4) is 0 Å². The van der Waals surface area contributed by atoms with Crippen LogP contribution in [0, 0.1) is 32.8 Å². The molecule has 0 amide bonds. The van der Waals surface area contributed by atoms with Crippen LogP contribution in [0.2, 0.25) is 0 Å². The van der Waals surface area contributed by atoms with E-state index in [1.165, 1.54) is 11.2 Å². The Morgan fingerprint density at radius 2 is 1.26 bits per heavy atom. The predicted molar refractivity (Wildman–Crippen MR) is 115 cm³/mol. The zero-order chi connectivity index (χ0) is 22.1. The van der Waals surface area contributed by atoms with Crippen molar-refractivity contribution in [2.45, 2.75) is 13.1 Å². The molecule has 0 saturated heterocycles. The van der Waals surface area contributed by atoms with Crippen molar-refractivity contribution < 1.29 is 4.92 Å². The molecule has 3 aromatic rings. The number of rotatable bonds is 9. The van der Waals surface area contributed by atoms with Crippen LogP contribution in [0.25, 0.3) is 0 Å². The summed E-state index contributed by atoms with van der Waals surface area (Å²) in [6, 6.07) is 23.0. The summed E-state index contributed by atoms with van der Waals surface area (Å²) in [5, 5.41) is 30.3. The molecule has 1 heterocycles. The lowest BCUT2D eigenvalue weighted by Crippen LogP contribution is -2.29. The van der Waals surface area contributed by atoms with Gasteiger partial charge in [-0.3, -0.25) is 10.1 Å². The molecule has 154 valence electrons. The first-order valence-electron chi connectivity index (χ1n) is 9.45. The molecule has 0 bridgehead atoms. The summed E-state index contributed by atoms with van der Waals surface area (Å²) in [7, 11) is 0. The van der Waals surface area contributed by atoms with Crippen molar-refractivity contribution in [1.29, 1.82) is 10.5 Å². The second-order valence-corrected chi connectivity index (χ2v) is 6.63. The van der Waals surface area contributed by atoms with E-state index in [2.05, 4.69) is 9.97 Å². The van der Waals surface area contributed by atoms with Gasteiger partial charge in [0.15, 0.2) is 0 Å². The SMILES string of the molecule is N#CCN(CC#N)c1ncnc(N(Cc2ccccc2)Cc2ccccc2)c1[N+](=O)[O-]. The molecule has 0 saturated carbocycles. The Morgan fingerprint density at radius 3 is 1.68 bits per heavy atom. The number of hydrogen-bond acceptors (Lipinski definition) is 8. The van der Waals surface area contributed by atoms with Gasteiger partial charge in [0.1, 0.15) is 19.4 Å². The summed E-state index contributed by atoms with van der Waals surface area (Å²) < 4.78 is 0. The molecule has 0 aliphatic rings. The highest BCUT2D eigenvalue weighted by Gasteiger charge is 2.30. The maximum atomic E-state index is 12.1. The van der Waals surface area contributed by atoms with Gasteiger partial charge in [0.2, 0.25) is 11.6 Å². The molecule has 0 aliphatic carbocycles. The van der Waals surface area contributed by atoms with Gasteiger partial charge < -0.3 is 9.80 Å². The minimum atomic E-state index is -0.560. The molecular weight excluding hydrogens is 394 g/mol. The van der Waals surface area contributed by atoms with Crippen LogP contribution >= 0.6 is 0 Å². The van der Waals surface area contributed by atoms with E-state index in [-0.39, 0.29) is 30.4 Å². The standard InChI is InChI=1S/C22H19N7O2/c23-11-13-27(14-12-24)21-20(29(30)31)22(26-17-25-21)28(15-18-7-3-1-4-8-18)16-19-9-5-2-6-10-19/h1-10,17H,13-16H2. The molecule has 9 heteroatoms. The van der Waals surface area contributed by atoms with Crippen molar-refractivity contribution >= 4 is 17.3 Å². The molecule has 0 spiro atoms. The monoisotopic (exact) mass is 413 g/mol. The smallest absolute Gasteiger partial charge is 0.342 e. The van der Waals surface area contributed by atoms with E-state index in [4.69, 9.17) is 10.5 Å². The van der Waals surface area contributed by atoms with Crippen LogP contribution in [0.5, 0.6) is 0 Å². The Bertz CT molecular complexity index is 1050. The van der Waals surface area contributed by atoms with Crippen LogP contribution in [0.15, 0.2) is 67.0 Å². The number of hydrogen-bond donors (Lipinski definition) is 0. The predicted octanol–water partition coefficient (Wildman–Crippen LogP) is 3.45. The quantitative estimate of drug-likeness (QED) is 0.297. The van der Waals surface area contributed by atoms with E-state index in [1.54, 1.807) is 4.90 Å². The number of nitrogens with zero attached hydrogens (tertiary/aromatic N) is 7. The Morgan fingerprint density at radius 1 is 0.806 bits per heavy atom. The molecule has 0 radical (unpaired) electrons. The van der Waals surface area contributed by atoms with Gasteiger partial charge in [-0.05, 0) is 11.1 Å². The van der Waals surface area contributed by atoms with Crippen LogP contribution in [-0.4, -0.2) is 28.0 Å². The van der Waals surface area contributed by atoms with Gasteiger partial charge in [0, 0.05) is 13.1 Å². The Balaban J connectivity index is 2.10. The van der Waals surface area contributed by atoms with Crippen LogP contribution in [0.1, 0.15) is 11.1 Å². The largest absolute Gasteiger partial charge is 0.353 e. The van der Waals surface area contributed by atoms with Crippen molar-refractivity contribution in [3.05, 3.63) is 88.2 Å². The van der Waals surface area contributed by atoms with Gasteiger partial charge in [-0.1, -0.05) is 60.7 Å². The van der Waals surface area contributed by atoms with E-state index in [0.29, 0.717) is 13.1 Å². The molecule has 0 unspecified atom stereocenters. The molecule has 0 atom stereocenters. The Labute approximate surface area is 179 Å². The van der Waals surface area contributed by atoms with Gasteiger partial charge in [-0.25, -0.2) is 9.97 Å². The van der Waals surface area contributed by atoms with Gasteiger partial charge >= 0.3 is 5.69 Å². The summed E-state index contributed by atoms with van der Waals surface area (Å²) in [6.45, 7) is 0.345. The Hall–Kier alpha value is -4.50. The fraction of sp³-hybridized carbons (Fsp3) is 0.182. The Kier molecular flexibility index (Phi) is 7.07. The molecule has 0 N–H and O–H groups in total. The fourth-order valence-corrected chi connectivity index (χ4v) is 3.18. The lowest BCUT2D eigenvalue weighted by molar-refractivity contribution is -0.383. The number of nitro groups is 1. The van der Waals surface area contributed by atoms with Crippen molar-refractivity contribution in [3.8, 4) is 12.1 Å². The van der Waals surface area contributed by atoms with Crippen molar-refractivity contribution in [3.63, 3.8) is 0 Å². The van der Waals surface area contributed by atoms with Crippen LogP contribution in [0.4, 0.5) is 17.3 Å². The average Bonchev–Trinajstić information content (AvgIpc) is 2.79. The zero-order valence-corrected chi connectivity index (χ0v) is 16.6. The van der Waals surface area contributed by atoms with Gasteiger partial charge in [-0.2, -0.15) is 10.5 Å². The zero-order valence-electron chi connectivity index (χ0n) is 16.6. The van der Waals surface area contributed by atoms with E-state index in [1.807, 2.05) is 72.8 Å². The topological polar surface area (TPSA) is 123 Å². The van der Waals surface area contributed by atoms with Crippen LogP contribution in [-0.2, 0) is 13.1 Å². The summed E-state index contributed by atoms with van der Waals surface area (Å²) >= 11 is 0. The van der Waals surface area contributed by atoms with Gasteiger partial charge in [0.05, 0.1) is 17.1 Å². The molecule has 31 heavy (non-hydrogen) atoms. The first-order valence-corrected chi connectivity index (χ1v) is 9.45. The van der Waals surface area contributed by atoms with E-state index in [9.17, 15) is 10.1 Å². The van der Waals surface area contributed by atoms with Crippen molar-refractivity contribution in [2.24, 2.45) is 0 Å². The third-order valence-electron chi connectivity index (χ3n) is 4.52. The van der Waals surface area contributed by atoms with Gasteiger partial charge in [0.25, 0.3) is 0 Å². The van der Waals surface area contributed by atoms with Gasteiger partial charge in [-0.15, -0.1) is 0 Å². The third-order valence-corrected chi connectivity index (χ3v) is 4.52. The first kappa shape index (κ1) is 21.2. The summed E-state index contributed by atoms with van der Waals surface area (Å²) in [6.07, 6.45) is 1.22. The average molecular weight is 413 g/mol. The lowest BCUT2D eigenvalue weighted by Gasteiger charge is -2.25. The molecule has 0 aliphatic heterocycles. The summed E-state index contributed by atoms with van der Waals surface area (Å²) in [5.41, 5.74) is 1.58. The van der Waals surface area contributed by atoms with E-state index in [0.717, 1.165) is 11.1 Å². The molecule has 2 aromatic carbocycles. The summed E-state index contributed by atoms with van der Waals surface area (Å²) in [5.74, 6) is 0.0767. The highest BCUT2D eigenvalue weighted by molar-refractivity contribution is 5.71. The highest BCUT2D eigenvalue weighted by atomic mass is 16.6. The normalized spacial score (nSPS) is 10.0. The van der Waals surface area contributed by atoms with Crippen molar-refractivity contribution in [2.75, 3.05) is 22.9 Å². The van der Waals surface area contributed by atoms with Crippen molar-refractivity contribution in [1.82, 2.24) is 9.97 Å². The lowest BCUT2D eigenvalue weighted by atomic mass is 10.1. The van der Waals surface area contributed by atoms with Crippen LogP contribution < -0.4 is 9.80 Å². The second-order valence-electron chi connectivity index (χ2n) is 6.63. The number of benzene rings is 2. The molecule has 1 aromatic heterocycles. The maximum absolute atomic E-state index is 12.1. The first-order chi connectivity index (χ1) is 15.1. The number of aromatic nitrogens is 2. The minimum absolute atomic E-state index is 0.0516. The number of nitriles is 2. The minimum Gasteiger partial charge on any atom is -0.342 e. The third kappa shape index (κ3) is 5.31. The summed E-state index contributed by atoms with van der Waals surface area (Å²) in [4.78, 5) is 22.9. The maximum Gasteiger partial charge on any atom is 0.353 e. The van der Waals surface area contributed by atoms with E-state index >= 15 is 0 Å². The second kappa shape index (κ2) is 10.3. The molecule has 0 fully saturated rings. The molecule has 9 nitrogen and oxygen atoms in total. The number of anilines is 2. The highest BCUT2D eigenvalue weighted by Crippen LogP contribution is 2.35. The molecule has 3 rings (SSSR count).